The summed E-state index contributed by atoms with van der Waals surface area (Å²) in [6.45, 7) is 1.19. The van der Waals surface area contributed by atoms with Crippen LogP contribution in [-0.4, -0.2) is 36.3 Å². The molecule has 0 aromatic heterocycles. The highest BCUT2D eigenvalue weighted by Gasteiger charge is 2.21. The fourth-order valence-electron chi connectivity index (χ4n) is 1.61. The minimum atomic E-state index is -0.668. The highest BCUT2D eigenvalue weighted by molar-refractivity contribution is 6.35. The summed E-state index contributed by atoms with van der Waals surface area (Å²) in [5.74, 6) is -1.18. The first-order valence-electron chi connectivity index (χ1n) is 5.20. The van der Waals surface area contributed by atoms with Crippen LogP contribution in [0.4, 0.5) is 0 Å². The molecule has 0 aromatic carbocycles. The van der Waals surface area contributed by atoms with Crippen LogP contribution in [0.25, 0.3) is 0 Å². The van der Waals surface area contributed by atoms with Crippen molar-refractivity contribution in [2.45, 2.75) is 25.7 Å². The van der Waals surface area contributed by atoms with E-state index in [1.54, 1.807) is 11.0 Å². The molecule has 0 aromatic rings. The van der Waals surface area contributed by atoms with Gasteiger partial charge in [-0.1, -0.05) is 12.8 Å². The summed E-state index contributed by atoms with van der Waals surface area (Å²) in [6, 6.07) is 1.77. The first-order valence-corrected chi connectivity index (χ1v) is 5.20. The van der Waals surface area contributed by atoms with Gasteiger partial charge in [-0.3, -0.25) is 9.59 Å². The standard InChI is InChI=1S/C10H15N3O2/c11-5-6-12-9(14)10(15)13-7-3-1-2-4-8-13/h1-4,6-8H2,(H,12,14). The molecule has 0 aliphatic carbocycles. The minimum Gasteiger partial charge on any atom is -0.335 e. The van der Waals surface area contributed by atoms with Gasteiger partial charge in [0.15, 0.2) is 0 Å². The first-order chi connectivity index (χ1) is 7.25. The first kappa shape index (κ1) is 11.5. The number of carbonyl (C=O) groups excluding carboxylic acids is 2. The van der Waals surface area contributed by atoms with Crippen molar-refractivity contribution >= 4 is 11.8 Å². The normalized spacial score (nSPS) is 16.3. The molecule has 1 N–H and O–H groups in total. The maximum absolute atomic E-state index is 11.6. The highest BCUT2D eigenvalue weighted by Crippen LogP contribution is 2.09. The SMILES string of the molecule is N#CCNC(=O)C(=O)N1CCCCCC1. The quantitative estimate of drug-likeness (QED) is 0.489. The van der Waals surface area contributed by atoms with E-state index in [1.165, 1.54) is 0 Å². The monoisotopic (exact) mass is 209 g/mol. The van der Waals surface area contributed by atoms with Crippen molar-refractivity contribution in [1.29, 1.82) is 5.26 Å². The van der Waals surface area contributed by atoms with E-state index < -0.39 is 11.8 Å². The fourth-order valence-corrected chi connectivity index (χ4v) is 1.61. The van der Waals surface area contributed by atoms with Crippen LogP contribution >= 0.6 is 0 Å². The Bertz CT molecular complexity index is 275. The van der Waals surface area contributed by atoms with Gasteiger partial charge < -0.3 is 10.2 Å². The van der Waals surface area contributed by atoms with E-state index >= 15 is 0 Å². The number of nitrogens with one attached hydrogen (secondary N) is 1. The lowest BCUT2D eigenvalue weighted by molar-refractivity contribution is -0.145. The van der Waals surface area contributed by atoms with Gasteiger partial charge in [0.2, 0.25) is 0 Å². The van der Waals surface area contributed by atoms with Crippen molar-refractivity contribution in [3.05, 3.63) is 0 Å². The summed E-state index contributed by atoms with van der Waals surface area (Å²) in [6.07, 6.45) is 4.14. The molecule has 15 heavy (non-hydrogen) atoms. The molecule has 0 atom stereocenters. The number of amides is 2. The molecule has 1 saturated heterocycles. The van der Waals surface area contributed by atoms with E-state index in [0.717, 1.165) is 25.7 Å². The van der Waals surface area contributed by atoms with Crippen molar-refractivity contribution in [2.24, 2.45) is 0 Å². The van der Waals surface area contributed by atoms with Gasteiger partial charge in [-0.15, -0.1) is 0 Å². The Morgan fingerprint density at radius 1 is 1.20 bits per heavy atom. The van der Waals surface area contributed by atoms with Crippen LogP contribution in [0.3, 0.4) is 0 Å². The van der Waals surface area contributed by atoms with Gasteiger partial charge in [0, 0.05) is 13.1 Å². The molecule has 0 radical (unpaired) electrons. The second-order valence-electron chi connectivity index (χ2n) is 3.55. The second-order valence-corrected chi connectivity index (χ2v) is 3.55. The predicted octanol–water partition coefficient (Wildman–Crippen LogP) is 0.0288. The lowest BCUT2D eigenvalue weighted by Gasteiger charge is -2.18. The number of nitrogens with zero attached hydrogens (tertiary/aromatic N) is 2. The summed E-state index contributed by atoms with van der Waals surface area (Å²) in [4.78, 5) is 24.4. The Morgan fingerprint density at radius 3 is 2.33 bits per heavy atom. The van der Waals surface area contributed by atoms with Crippen LogP contribution in [0.5, 0.6) is 0 Å². The number of hydrogen-bond acceptors (Lipinski definition) is 3. The van der Waals surface area contributed by atoms with Crippen LogP contribution in [-0.2, 0) is 9.59 Å². The van der Waals surface area contributed by atoms with E-state index in [4.69, 9.17) is 5.26 Å². The average molecular weight is 209 g/mol. The number of hydrogen-bond donors (Lipinski definition) is 1. The van der Waals surface area contributed by atoms with Gasteiger partial charge in [-0.05, 0) is 12.8 Å². The molecule has 0 saturated carbocycles. The number of carbonyl (C=O) groups is 2. The Balaban J connectivity index is 2.43. The summed E-state index contributed by atoms with van der Waals surface area (Å²) >= 11 is 0. The Hall–Kier alpha value is -1.57. The lowest BCUT2D eigenvalue weighted by atomic mass is 10.2. The average Bonchev–Trinajstić information content (AvgIpc) is 2.53. The van der Waals surface area contributed by atoms with Crippen LogP contribution < -0.4 is 5.32 Å². The third-order valence-electron chi connectivity index (χ3n) is 2.42. The van der Waals surface area contributed by atoms with Gasteiger partial charge in [0.25, 0.3) is 0 Å². The molecule has 2 amide bonds. The van der Waals surface area contributed by atoms with Crippen LogP contribution in [0.15, 0.2) is 0 Å². The molecular formula is C10H15N3O2. The molecule has 5 heteroatoms. The number of likely N-dealkylation sites (tertiary alicyclic amines) is 1. The van der Waals surface area contributed by atoms with Crippen LogP contribution in [0.1, 0.15) is 25.7 Å². The number of rotatable bonds is 1. The van der Waals surface area contributed by atoms with Gasteiger partial charge >= 0.3 is 11.8 Å². The molecule has 82 valence electrons. The van der Waals surface area contributed by atoms with Gasteiger partial charge in [-0.25, -0.2) is 0 Å². The summed E-state index contributed by atoms with van der Waals surface area (Å²) in [5.41, 5.74) is 0. The minimum absolute atomic E-state index is 0.113. The summed E-state index contributed by atoms with van der Waals surface area (Å²) in [7, 11) is 0. The Labute approximate surface area is 89.0 Å². The van der Waals surface area contributed by atoms with E-state index in [2.05, 4.69) is 5.32 Å². The van der Waals surface area contributed by atoms with Crippen LogP contribution in [0.2, 0.25) is 0 Å². The fraction of sp³-hybridized carbons (Fsp3) is 0.700. The van der Waals surface area contributed by atoms with E-state index in [1.807, 2.05) is 0 Å². The maximum Gasteiger partial charge on any atom is 0.311 e. The molecule has 1 heterocycles. The summed E-state index contributed by atoms with van der Waals surface area (Å²) < 4.78 is 0. The van der Waals surface area contributed by atoms with Gasteiger partial charge in [0.1, 0.15) is 6.54 Å². The van der Waals surface area contributed by atoms with Crippen molar-refractivity contribution in [3.63, 3.8) is 0 Å². The van der Waals surface area contributed by atoms with E-state index in [-0.39, 0.29) is 6.54 Å². The summed E-state index contributed by atoms with van der Waals surface area (Å²) in [5, 5.41) is 10.5. The molecule has 5 nitrogen and oxygen atoms in total. The van der Waals surface area contributed by atoms with E-state index in [0.29, 0.717) is 13.1 Å². The van der Waals surface area contributed by atoms with Crippen molar-refractivity contribution in [1.82, 2.24) is 10.2 Å². The molecule has 0 unspecified atom stereocenters. The van der Waals surface area contributed by atoms with Crippen molar-refractivity contribution < 1.29 is 9.59 Å². The number of nitriles is 1. The zero-order chi connectivity index (χ0) is 11.1. The van der Waals surface area contributed by atoms with Crippen LogP contribution in [0, 0.1) is 11.3 Å². The molecular weight excluding hydrogens is 194 g/mol. The van der Waals surface area contributed by atoms with E-state index in [9.17, 15) is 9.59 Å². The van der Waals surface area contributed by atoms with Crippen molar-refractivity contribution in [3.8, 4) is 6.07 Å². The third-order valence-corrected chi connectivity index (χ3v) is 2.42. The topological polar surface area (TPSA) is 73.2 Å². The van der Waals surface area contributed by atoms with Crippen molar-refractivity contribution in [2.75, 3.05) is 19.6 Å². The molecule has 0 bridgehead atoms. The molecule has 1 rings (SSSR count). The molecule has 1 aliphatic rings. The third kappa shape index (κ3) is 3.58. The maximum atomic E-state index is 11.6. The zero-order valence-corrected chi connectivity index (χ0v) is 8.66. The molecule has 0 spiro atoms. The second kappa shape index (κ2) is 6.02. The smallest absolute Gasteiger partial charge is 0.311 e. The molecule has 1 aliphatic heterocycles. The van der Waals surface area contributed by atoms with Gasteiger partial charge in [-0.2, -0.15) is 5.26 Å². The predicted molar refractivity (Wildman–Crippen MR) is 53.7 cm³/mol. The highest BCUT2D eigenvalue weighted by atomic mass is 16.2. The van der Waals surface area contributed by atoms with Gasteiger partial charge in [0.05, 0.1) is 6.07 Å². The lowest BCUT2D eigenvalue weighted by Crippen LogP contribution is -2.43. The zero-order valence-electron chi connectivity index (χ0n) is 8.66. The largest absolute Gasteiger partial charge is 0.335 e. The Morgan fingerprint density at radius 2 is 1.80 bits per heavy atom. The Kier molecular flexibility index (Phi) is 4.61. The molecule has 1 fully saturated rings.